The molecule has 0 fully saturated rings. The molecule has 0 spiro atoms. The predicted octanol–water partition coefficient (Wildman–Crippen LogP) is 15.3. The Balaban J connectivity index is 1.01. The summed E-state index contributed by atoms with van der Waals surface area (Å²) in [5, 5.41) is 5.26. The maximum atomic E-state index is 2.34. The number of fused-ring (bicyclic) bond motifs is 5. The third kappa shape index (κ3) is 5.84. The van der Waals surface area contributed by atoms with E-state index in [-0.39, 0.29) is 0 Å². The molecule has 10 aromatic rings. The van der Waals surface area contributed by atoms with Gasteiger partial charge in [0.1, 0.15) is 0 Å². The lowest BCUT2D eigenvalue weighted by Crippen LogP contribution is -2.09. The average Bonchev–Trinajstić information content (AvgIpc) is 3.65. The highest BCUT2D eigenvalue weighted by molar-refractivity contribution is 7.27. The van der Waals surface area contributed by atoms with Crippen molar-refractivity contribution in [3.8, 4) is 44.5 Å². The lowest BCUT2D eigenvalue weighted by molar-refractivity contribution is 1.28. The van der Waals surface area contributed by atoms with E-state index in [1.165, 1.54) is 75.5 Å². The minimum Gasteiger partial charge on any atom is -0.311 e. The number of hydrogen-bond acceptors (Lipinski definition) is 2. The van der Waals surface area contributed by atoms with Crippen molar-refractivity contribution in [3.63, 3.8) is 0 Å². The van der Waals surface area contributed by atoms with Gasteiger partial charge in [-0.1, -0.05) is 170 Å². The Morgan fingerprint density at radius 3 is 1.33 bits per heavy atom. The van der Waals surface area contributed by atoms with Gasteiger partial charge in [0.25, 0.3) is 0 Å². The van der Waals surface area contributed by atoms with Gasteiger partial charge in [0.15, 0.2) is 0 Å². The van der Waals surface area contributed by atoms with Crippen molar-refractivity contribution in [2.45, 2.75) is 0 Å². The summed E-state index contributed by atoms with van der Waals surface area (Å²) in [7, 11) is 0. The molecule has 1 heterocycles. The van der Waals surface area contributed by atoms with Crippen molar-refractivity contribution in [2.75, 3.05) is 4.90 Å². The van der Waals surface area contributed by atoms with Crippen LogP contribution in [0, 0.1) is 0 Å². The van der Waals surface area contributed by atoms with E-state index in [2.05, 4.69) is 217 Å². The normalized spacial score (nSPS) is 11.3. The van der Waals surface area contributed by atoms with Gasteiger partial charge >= 0.3 is 0 Å². The largest absolute Gasteiger partial charge is 0.311 e. The van der Waals surface area contributed by atoms with Gasteiger partial charge < -0.3 is 4.90 Å². The summed E-state index contributed by atoms with van der Waals surface area (Å²) in [6.07, 6.45) is 0. The molecule has 0 aliphatic heterocycles. The first kappa shape index (κ1) is 32.0. The summed E-state index contributed by atoms with van der Waals surface area (Å²) in [6, 6.07) is 76.9. The molecular weight excluding hydrogens is 671 g/mol. The Kier molecular flexibility index (Phi) is 8.09. The molecule has 54 heavy (non-hydrogen) atoms. The monoisotopic (exact) mass is 705 g/mol. The Hall–Kier alpha value is -6.74. The smallest absolute Gasteiger partial charge is 0.0462 e. The molecule has 0 unspecified atom stereocenters. The first-order valence-corrected chi connectivity index (χ1v) is 19.2. The number of nitrogens with zero attached hydrogens (tertiary/aromatic N) is 1. The molecule has 0 amide bonds. The Labute approximate surface area is 319 Å². The van der Waals surface area contributed by atoms with Gasteiger partial charge in [-0.25, -0.2) is 0 Å². The van der Waals surface area contributed by atoms with Crippen molar-refractivity contribution in [1.82, 2.24) is 0 Å². The summed E-state index contributed by atoms with van der Waals surface area (Å²) in [4.78, 5) is 2.34. The van der Waals surface area contributed by atoms with Crippen LogP contribution < -0.4 is 4.90 Å². The second-order valence-electron chi connectivity index (χ2n) is 13.7. The fourth-order valence-electron chi connectivity index (χ4n) is 7.74. The number of benzene rings is 9. The number of anilines is 3. The third-order valence-electron chi connectivity index (χ3n) is 10.5. The van der Waals surface area contributed by atoms with E-state index >= 15 is 0 Å². The quantitative estimate of drug-likeness (QED) is 0.160. The third-order valence-corrected chi connectivity index (χ3v) is 11.8. The molecule has 0 N–H and O–H groups in total. The van der Waals surface area contributed by atoms with E-state index in [1.807, 2.05) is 11.3 Å². The fourth-order valence-corrected chi connectivity index (χ4v) is 9.11. The average molecular weight is 706 g/mol. The highest BCUT2D eigenvalue weighted by atomic mass is 32.1. The summed E-state index contributed by atoms with van der Waals surface area (Å²) in [5.74, 6) is 0. The molecule has 0 aliphatic rings. The Morgan fingerprint density at radius 1 is 0.278 bits per heavy atom. The molecule has 0 aliphatic carbocycles. The van der Waals surface area contributed by atoms with Crippen LogP contribution in [0.3, 0.4) is 0 Å². The molecule has 9 aromatic carbocycles. The van der Waals surface area contributed by atoms with Gasteiger partial charge in [0.05, 0.1) is 0 Å². The molecule has 0 saturated carbocycles. The van der Waals surface area contributed by atoms with Gasteiger partial charge in [-0.2, -0.15) is 0 Å². The second kappa shape index (κ2) is 13.7. The van der Waals surface area contributed by atoms with Crippen molar-refractivity contribution >= 4 is 59.3 Å². The van der Waals surface area contributed by atoms with Crippen LogP contribution in [0.2, 0.25) is 0 Å². The van der Waals surface area contributed by atoms with E-state index in [4.69, 9.17) is 0 Å². The van der Waals surface area contributed by atoms with Crippen LogP contribution >= 0.6 is 11.3 Å². The molecule has 1 aromatic heterocycles. The van der Waals surface area contributed by atoms with Gasteiger partial charge in [-0.05, 0) is 97.7 Å². The molecule has 1 nitrogen and oxygen atoms in total. The maximum Gasteiger partial charge on any atom is 0.0462 e. The zero-order valence-corrected chi connectivity index (χ0v) is 30.4. The Morgan fingerprint density at radius 2 is 0.722 bits per heavy atom. The van der Waals surface area contributed by atoms with Crippen LogP contribution in [-0.4, -0.2) is 0 Å². The standard InChI is InChI=1S/C52H35NS/c1-3-11-36(12-4-1)38-21-28-44(29-22-38)53(45-30-23-39(24-31-45)37-13-5-2-6-14-37)46-32-25-40(26-33-46)42-16-9-17-43(35-42)48-19-10-20-49-50-34-27-41-15-7-8-18-47(41)51(50)54-52(48)49/h1-35H. The number of thiophene rings is 1. The molecular formula is C52H35NS. The second-order valence-corrected chi connectivity index (χ2v) is 14.8. The topological polar surface area (TPSA) is 3.24 Å². The zero-order chi connectivity index (χ0) is 35.8. The van der Waals surface area contributed by atoms with E-state index < -0.39 is 0 Å². The lowest BCUT2D eigenvalue weighted by Gasteiger charge is -2.26. The molecule has 0 atom stereocenters. The van der Waals surface area contributed by atoms with Crippen LogP contribution in [0.15, 0.2) is 212 Å². The maximum absolute atomic E-state index is 2.34. The molecule has 2 heteroatoms. The van der Waals surface area contributed by atoms with E-state index in [1.54, 1.807) is 0 Å². The van der Waals surface area contributed by atoms with Gasteiger partial charge in [0.2, 0.25) is 0 Å². The molecule has 10 rings (SSSR count). The van der Waals surface area contributed by atoms with Crippen LogP contribution in [0.1, 0.15) is 0 Å². The number of hydrogen-bond donors (Lipinski definition) is 0. The van der Waals surface area contributed by atoms with Gasteiger partial charge in [-0.3, -0.25) is 0 Å². The van der Waals surface area contributed by atoms with Crippen LogP contribution in [0.5, 0.6) is 0 Å². The van der Waals surface area contributed by atoms with Crippen LogP contribution in [0.4, 0.5) is 17.1 Å². The van der Waals surface area contributed by atoms with Gasteiger partial charge in [0, 0.05) is 37.2 Å². The lowest BCUT2D eigenvalue weighted by atomic mass is 9.97. The van der Waals surface area contributed by atoms with Crippen LogP contribution in [0.25, 0.3) is 75.5 Å². The summed E-state index contributed by atoms with van der Waals surface area (Å²) in [6.45, 7) is 0. The van der Waals surface area contributed by atoms with E-state index in [9.17, 15) is 0 Å². The van der Waals surface area contributed by atoms with Crippen molar-refractivity contribution in [2.24, 2.45) is 0 Å². The van der Waals surface area contributed by atoms with Gasteiger partial charge in [-0.15, -0.1) is 11.3 Å². The highest BCUT2D eigenvalue weighted by Crippen LogP contribution is 2.44. The summed E-state index contributed by atoms with van der Waals surface area (Å²) < 4.78 is 2.69. The minimum absolute atomic E-state index is 1.11. The number of rotatable bonds is 7. The fraction of sp³-hybridized carbons (Fsp3) is 0. The van der Waals surface area contributed by atoms with Crippen molar-refractivity contribution < 1.29 is 0 Å². The molecule has 0 saturated heterocycles. The van der Waals surface area contributed by atoms with E-state index in [0.717, 1.165) is 17.1 Å². The van der Waals surface area contributed by atoms with E-state index in [0.29, 0.717) is 0 Å². The van der Waals surface area contributed by atoms with Crippen LogP contribution in [-0.2, 0) is 0 Å². The zero-order valence-electron chi connectivity index (χ0n) is 29.6. The first-order valence-electron chi connectivity index (χ1n) is 18.4. The first-order chi connectivity index (χ1) is 26.8. The highest BCUT2D eigenvalue weighted by Gasteiger charge is 2.16. The summed E-state index contributed by atoms with van der Waals surface area (Å²) >= 11 is 1.91. The Bertz CT molecular complexity index is 2810. The molecule has 254 valence electrons. The molecule has 0 radical (unpaired) electrons. The SMILES string of the molecule is c1ccc(-c2ccc(N(c3ccc(-c4ccccc4)cc3)c3ccc(-c4cccc(-c5cccc6c5sc5c7ccccc7ccc65)c4)cc3)cc2)cc1. The minimum atomic E-state index is 1.11. The predicted molar refractivity (Wildman–Crippen MR) is 233 cm³/mol. The summed E-state index contributed by atoms with van der Waals surface area (Å²) in [5.41, 5.74) is 13.1. The van der Waals surface area contributed by atoms with Crippen molar-refractivity contribution in [3.05, 3.63) is 212 Å². The van der Waals surface area contributed by atoms with Crippen molar-refractivity contribution in [1.29, 1.82) is 0 Å². The molecule has 0 bridgehead atoms.